The number of nitrogens with zero attached hydrogens (tertiary/aromatic N) is 1. The summed E-state index contributed by atoms with van der Waals surface area (Å²) in [6, 6.07) is 8.47. The Balaban J connectivity index is 0.00000180. The predicted molar refractivity (Wildman–Crippen MR) is 83.4 cm³/mol. The van der Waals surface area contributed by atoms with Gasteiger partial charge < -0.3 is 10.2 Å². The number of piperazine rings is 1. The highest BCUT2D eigenvalue weighted by Crippen LogP contribution is 2.22. The van der Waals surface area contributed by atoms with Crippen molar-refractivity contribution >= 4 is 30.1 Å². The molecule has 1 amide bonds. The molecule has 0 radical (unpaired) electrons. The summed E-state index contributed by atoms with van der Waals surface area (Å²) >= 11 is 1.63. The van der Waals surface area contributed by atoms with Gasteiger partial charge in [0.25, 0.3) is 5.91 Å². The van der Waals surface area contributed by atoms with E-state index in [-0.39, 0.29) is 24.4 Å². The van der Waals surface area contributed by atoms with Gasteiger partial charge in [0.1, 0.15) is 0 Å². The lowest BCUT2D eigenvalue weighted by atomic mass is 10.1. The molecule has 0 aromatic heterocycles. The van der Waals surface area contributed by atoms with Gasteiger partial charge in [0, 0.05) is 30.1 Å². The van der Waals surface area contributed by atoms with Crippen molar-refractivity contribution < 1.29 is 4.79 Å². The molecule has 1 aromatic rings. The highest BCUT2D eigenvalue weighted by molar-refractivity contribution is 7.98. The molecule has 5 heteroatoms. The van der Waals surface area contributed by atoms with E-state index >= 15 is 0 Å². The molecular formula is C14H21ClN2OS. The second-order valence-electron chi connectivity index (χ2n) is 4.82. The Labute approximate surface area is 125 Å². The van der Waals surface area contributed by atoms with Crippen LogP contribution in [-0.4, -0.2) is 42.2 Å². The van der Waals surface area contributed by atoms with Crippen molar-refractivity contribution in [2.24, 2.45) is 0 Å². The number of carbonyl (C=O) groups excluding carboxylic acids is 1. The number of benzene rings is 1. The van der Waals surface area contributed by atoms with E-state index in [9.17, 15) is 4.79 Å². The molecule has 19 heavy (non-hydrogen) atoms. The quantitative estimate of drug-likeness (QED) is 0.852. The molecule has 1 aliphatic heterocycles. The molecule has 1 aliphatic rings. The van der Waals surface area contributed by atoms with E-state index < -0.39 is 0 Å². The maximum absolute atomic E-state index is 12.6. The molecule has 1 aromatic carbocycles. The van der Waals surface area contributed by atoms with Crippen molar-refractivity contribution in [1.29, 1.82) is 0 Å². The van der Waals surface area contributed by atoms with E-state index in [1.807, 2.05) is 35.4 Å². The van der Waals surface area contributed by atoms with Crippen molar-refractivity contribution in [1.82, 2.24) is 10.2 Å². The lowest BCUT2D eigenvalue weighted by molar-refractivity contribution is 0.0613. The molecule has 1 heterocycles. The van der Waals surface area contributed by atoms with Crippen molar-refractivity contribution in [3.63, 3.8) is 0 Å². The average Bonchev–Trinajstić information content (AvgIpc) is 2.40. The standard InChI is InChI=1S/C14H20N2OS.ClH/c1-10-9-16(11(2)8-15-10)14(17)12-6-4-5-7-13(12)18-3;/h4-7,10-11,15H,8-9H2,1-3H3;1H. The maximum atomic E-state index is 12.6. The van der Waals surface area contributed by atoms with Crippen LogP contribution in [0, 0.1) is 0 Å². The number of nitrogens with one attached hydrogen (secondary N) is 1. The monoisotopic (exact) mass is 300 g/mol. The number of hydrogen-bond donors (Lipinski definition) is 1. The minimum Gasteiger partial charge on any atom is -0.333 e. The zero-order valence-corrected chi connectivity index (χ0v) is 13.2. The van der Waals surface area contributed by atoms with Gasteiger partial charge in [-0.3, -0.25) is 4.79 Å². The van der Waals surface area contributed by atoms with Gasteiger partial charge in [-0.25, -0.2) is 0 Å². The van der Waals surface area contributed by atoms with Gasteiger partial charge in [-0.1, -0.05) is 12.1 Å². The topological polar surface area (TPSA) is 32.3 Å². The van der Waals surface area contributed by atoms with Gasteiger partial charge >= 0.3 is 0 Å². The van der Waals surface area contributed by atoms with Crippen LogP contribution in [0.25, 0.3) is 0 Å². The summed E-state index contributed by atoms with van der Waals surface area (Å²) in [5.41, 5.74) is 0.825. The summed E-state index contributed by atoms with van der Waals surface area (Å²) < 4.78 is 0. The summed E-state index contributed by atoms with van der Waals surface area (Å²) in [4.78, 5) is 15.7. The largest absolute Gasteiger partial charge is 0.333 e. The van der Waals surface area contributed by atoms with Crippen LogP contribution in [-0.2, 0) is 0 Å². The van der Waals surface area contributed by atoms with Gasteiger partial charge in [-0.15, -0.1) is 24.2 Å². The van der Waals surface area contributed by atoms with Gasteiger partial charge in [0.2, 0.25) is 0 Å². The molecule has 2 atom stereocenters. The van der Waals surface area contributed by atoms with Crippen LogP contribution in [0.3, 0.4) is 0 Å². The summed E-state index contributed by atoms with van der Waals surface area (Å²) in [5, 5.41) is 3.40. The Bertz CT molecular complexity index is 441. The van der Waals surface area contributed by atoms with Crippen LogP contribution in [0.5, 0.6) is 0 Å². The van der Waals surface area contributed by atoms with E-state index in [0.29, 0.717) is 6.04 Å². The molecule has 1 saturated heterocycles. The van der Waals surface area contributed by atoms with E-state index in [4.69, 9.17) is 0 Å². The lowest BCUT2D eigenvalue weighted by Crippen LogP contribution is -2.56. The summed E-state index contributed by atoms with van der Waals surface area (Å²) in [7, 11) is 0. The Hall–Kier alpha value is -0.710. The molecule has 1 fully saturated rings. The summed E-state index contributed by atoms with van der Waals surface area (Å²) in [6.45, 7) is 5.86. The Morgan fingerprint density at radius 2 is 2.05 bits per heavy atom. The third-order valence-electron chi connectivity index (χ3n) is 3.36. The third-order valence-corrected chi connectivity index (χ3v) is 4.16. The highest BCUT2D eigenvalue weighted by atomic mass is 35.5. The minimum absolute atomic E-state index is 0. The summed E-state index contributed by atoms with van der Waals surface area (Å²) in [5.74, 6) is 0.154. The first-order chi connectivity index (χ1) is 8.63. The van der Waals surface area contributed by atoms with Crippen molar-refractivity contribution in [2.45, 2.75) is 30.8 Å². The predicted octanol–water partition coefficient (Wildman–Crippen LogP) is 2.65. The number of amides is 1. The van der Waals surface area contributed by atoms with Crippen LogP contribution in [0.15, 0.2) is 29.2 Å². The van der Waals surface area contributed by atoms with Gasteiger partial charge in [0.05, 0.1) is 5.56 Å². The first-order valence-electron chi connectivity index (χ1n) is 6.31. The minimum atomic E-state index is 0. The normalized spacial score (nSPS) is 22.8. The molecule has 2 rings (SSSR count). The van der Waals surface area contributed by atoms with Crippen molar-refractivity contribution in [3.8, 4) is 0 Å². The second-order valence-corrected chi connectivity index (χ2v) is 5.66. The fourth-order valence-corrected chi connectivity index (χ4v) is 2.87. The van der Waals surface area contributed by atoms with E-state index in [2.05, 4.69) is 19.2 Å². The van der Waals surface area contributed by atoms with Crippen molar-refractivity contribution in [2.75, 3.05) is 19.3 Å². The fourth-order valence-electron chi connectivity index (χ4n) is 2.28. The molecular weight excluding hydrogens is 280 g/mol. The van der Waals surface area contributed by atoms with Gasteiger partial charge in [-0.05, 0) is 32.2 Å². The molecule has 0 aliphatic carbocycles. The zero-order valence-electron chi connectivity index (χ0n) is 11.6. The number of rotatable bonds is 2. The molecule has 106 valence electrons. The maximum Gasteiger partial charge on any atom is 0.255 e. The third kappa shape index (κ3) is 3.65. The molecule has 0 bridgehead atoms. The summed E-state index contributed by atoms with van der Waals surface area (Å²) in [6.07, 6.45) is 2.01. The zero-order chi connectivity index (χ0) is 13.1. The Morgan fingerprint density at radius 3 is 2.74 bits per heavy atom. The van der Waals surface area contributed by atoms with Crippen LogP contribution < -0.4 is 5.32 Å². The Kier molecular flexibility index (Phi) is 6.17. The molecule has 0 saturated carbocycles. The van der Waals surface area contributed by atoms with Crippen molar-refractivity contribution in [3.05, 3.63) is 29.8 Å². The van der Waals surface area contributed by atoms with Crippen LogP contribution in [0.4, 0.5) is 0 Å². The van der Waals surface area contributed by atoms with Crippen LogP contribution in [0.2, 0.25) is 0 Å². The molecule has 2 unspecified atom stereocenters. The average molecular weight is 301 g/mol. The van der Waals surface area contributed by atoms with Gasteiger partial charge in [-0.2, -0.15) is 0 Å². The first-order valence-corrected chi connectivity index (χ1v) is 7.53. The number of hydrogen-bond acceptors (Lipinski definition) is 3. The van der Waals surface area contributed by atoms with Gasteiger partial charge in [0.15, 0.2) is 0 Å². The SMILES string of the molecule is CSc1ccccc1C(=O)N1CC(C)NCC1C.Cl. The smallest absolute Gasteiger partial charge is 0.255 e. The Morgan fingerprint density at radius 1 is 1.37 bits per heavy atom. The molecule has 0 spiro atoms. The molecule has 3 nitrogen and oxygen atoms in total. The van der Waals surface area contributed by atoms with Crippen LogP contribution >= 0.6 is 24.2 Å². The van der Waals surface area contributed by atoms with E-state index in [1.54, 1.807) is 11.8 Å². The second kappa shape index (κ2) is 7.17. The van der Waals surface area contributed by atoms with E-state index in [0.717, 1.165) is 23.5 Å². The highest BCUT2D eigenvalue weighted by Gasteiger charge is 2.28. The van der Waals surface area contributed by atoms with Crippen LogP contribution in [0.1, 0.15) is 24.2 Å². The number of carbonyl (C=O) groups is 1. The van der Waals surface area contributed by atoms with E-state index in [1.165, 1.54) is 0 Å². The molecule has 1 N–H and O–H groups in total. The fraction of sp³-hybridized carbons (Fsp3) is 0.500. The lowest BCUT2D eigenvalue weighted by Gasteiger charge is -2.37. The first kappa shape index (κ1) is 16.3. The number of thioether (sulfide) groups is 1. The number of halogens is 1.